The Hall–Kier alpha value is -3.97. The minimum atomic E-state index is -1.18. The molecule has 3 aromatic carbocycles. The first kappa shape index (κ1) is 22.2. The summed E-state index contributed by atoms with van der Waals surface area (Å²) in [6.45, 7) is 0.0179. The van der Waals surface area contributed by atoms with Gasteiger partial charge in [0.2, 0.25) is 6.23 Å². The molecule has 2 atom stereocenters. The van der Waals surface area contributed by atoms with Crippen LogP contribution in [0.1, 0.15) is 23.4 Å². The molecule has 1 fully saturated rings. The molecule has 4 rings (SSSR count). The van der Waals surface area contributed by atoms with Gasteiger partial charge >= 0.3 is 12.0 Å². The Morgan fingerprint density at radius 2 is 1.42 bits per heavy atom. The largest absolute Gasteiger partial charge is 0.436 e. The molecule has 3 aromatic rings. The molecule has 0 bridgehead atoms. The van der Waals surface area contributed by atoms with E-state index in [0.29, 0.717) is 16.8 Å². The number of amides is 3. The number of esters is 1. The van der Waals surface area contributed by atoms with E-state index in [9.17, 15) is 14.4 Å². The molecule has 0 N–H and O–H groups in total. The fraction of sp³-hybridized carbons (Fsp3) is 0.192. The summed E-state index contributed by atoms with van der Waals surface area (Å²) in [6, 6.07) is 25.5. The van der Waals surface area contributed by atoms with Crippen molar-refractivity contribution in [1.82, 2.24) is 9.80 Å². The van der Waals surface area contributed by atoms with Crippen LogP contribution in [0.5, 0.6) is 0 Å². The number of anilines is 1. The summed E-state index contributed by atoms with van der Waals surface area (Å²) >= 11 is 0. The van der Waals surface area contributed by atoms with E-state index in [-0.39, 0.29) is 6.54 Å². The fourth-order valence-electron chi connectivity index (χ4n) is 3.86. The van der Waals surface area contributed by atoms with Crippen LogP contribution in [-0.2, 0) is 14.3 Å². The van der Waals surface area contributed by atoms with Crippen LogP contribution in [-0.4, -0.2) is 48.3 Å². The zero-order chi connectivity index (χ0) is 23.4. The highest BCUT2D eigenvalue weighted by Gasteiger charge is 2.51. The van der Waals surface area contributed by atoms with Crippen molar-refractivity contribution in [2.75, 3.05) is 25.5 Å². The van der Waals surface area contributed by atoms with E-state index in [0.717, 1.165) is 4.90 Å². The van der Waals surface area contributed by atoms with Gasteiger partial charge in [0.1, 0.15) is 6.04 Å². The zero-order valence-electron chi connectivity index (χ0n) is 18.5. The number of para-hydroxylation sites is 1. The van der Waals surface area contributed by atoms with E-state index in [1.807, 2.05) is 54.6 Å². The number of ether oxygens (including phenoxy) is 1. The van der Waals surface area contributed by atoms with Gasteiger partial charge in [-0.05, 0) is 31.8 Å². The Morgan fingerprint density at radius 3 is 2.00 bits per heavy atom. The Kier molecular flexibility index (Phi) is 6.51. The maximum absolute atomic E-state index is 13.8. The third-order valence-electron chi connectivity index (χ3n) is 5.30. The average Bonchev–Trinajstić information content (AvgIpc) is 3.08. The normalized spacial score (nSPS) is 16.9. The van der Waals surface area contributed by atoms with Gasteiger partial charge in [-0.1, -0.05) is 78.9 Å². The molecule has 168 valence electrons. The maximum atomic E-state index is 13.8. The summed E-state index contributed by atoms with van der Waals surface area (Å²) in [5.41, 5.74) is 1.79. The van der Waals surface area contributed by atoms with E-state index in [2.05, 4.69) is 0 Å². The molecule has 0 radical (unpaired) electrons. The molecule has 2 unspecified atom stereocenters. The molecular formula is C26H25N3O4. The second kappa shape index (κ2) is 9.67. The van der Waals surface area contributed by atoms with Crippen molar-refractivity contribution in [1.29, 1.82) is 0 Å². The lowest BCUT2D eigenvalue weighted by Gasteiger charge is -2.27. The predicted octanol–water partition coefficient (Wildman–Crippen LogP) is 4.00. The van der Waals surface area contributed by atoms with Gasteiger partial charge in [-0.25, -0.2) is 9.69 Å². The van der Waals surface area contributed by atoms with E-state index in [1.54, 1.807) is 55.4 Å². The average molecular weight is 444 g/mol. The minimum Gasteiger partial charge on any atom is -0.436 e. The highest BCUT2D eigenvalue weighted by Crippen LogP contribution is 2.39. The topological polar surface area (TPSA) is 70.2 Å². The molecule has 1 aliphatic heterocycles. The summed E-state index contributed by atoms with van der Waals surface area (Å²) < 4.78 is 5.72. The standard InChI is InChI=1S/C26H25N3O4/c1-27(2)18-22(30)33-25(20-14-8-4-9-15-20)29-24(31)23(19-12-6-3-7-13-19)28(26(29)32)21-16-10-5-11-17-21/h3-17,23,25H,18H2,1-2H3. The summed E-state index contributed by atoms with van der Waals surface area (Å²) in [7, 11) is 3.49. The van der Waals surface area contributed by atoms with Crippen molar-refractivity contribution in [2.45, 2.75) is 12.3 Å². The zero-order valence-corrected chi connectivity index (χ0v) is 18.5. The Morgan fingerprint density at radius 1 is 0.879 bits per heavy atom. The molecule has 0 aromatic heterocycles. The third kappa shape index (κ3) is 4.63. The highest BCUT2D eigenvalue weighted by atomic mass is 16.6. The van der Waals surface area contributed by atoms with Gasteiger partial charge < -0.3 is 4.74 Å². The monoisotopic (exact) mass is 443 g/mol. The van der Waals surface area contributed by atoms with Gasteiger partial charge in [-0.2, -0.15) is 0 Å². The lowest BCUT2D eigenvalue weighted by molar-refractivity contribution is -0.161. The number of carbonyl (C=O) groups is 3. The predicted molar refractivity (Wildman–Crippen MR) is 124 cm³/mol. The molecule has 0 aliphatic carbocycles. The number of hydrogen-bond acceptors (Lipinski definition) is 5. The van der Waals surface area contributed by atoms with Crippen LogP contribution in [0.3, 0.4) is 0 Å². The minimum absolute atomic E-state index is 0.0179. The maximum Gasteiger partial charge on any atom is 0.335 e. The number of nitrogens with zero attached hydrogens (tertiary/aromatic N) is 3. The number of rotatable bonds is 7. The lowest BCUT2D eigenvalue weighted by Crippen LogP contribution is -2.39. The van der Waals surface area contributed by atoms with Gasteiger partial charge in [-0.15, -0.1) is 0 Å². The quantitative estimate of drug-likeness (QED) is 0.408. The van der Waals surface area contributed by atoms with Crippen molar-refractivity contribution in [3.8, 4) is 0 Å². The van der Waals surface area contributed by atoms with Crippen LogP contribution in [0.25, 0.3) is 0 Å². The van der Waals surface area contributed by atoms with Gasteiger partial charge in [0.15, 0.2) is 0 Å². The number of likely N-dealkylation sites (N-methyl/N-ethyl adjacent to an activating group) is 1. The first-order valence-electron chi connectivity index (χ1n) is 10.6. The highest BCUT2D eigenvalue weighted by molar-refractivity contribution is 6.14. The first-order valence-corrected chi connectivity index (χ1v) is 10.6. The molecule has 0 spiro atoms. The summed E-state index contributed by atoms with van der Waals surface area (Å²) in [5, 5.41) is 0. The number of benzene rings is 3. The SMILES string of the molecule is CN(C)CC(=O)OC(c1ccccc1)N1C(=O)C(c2ccccc2)N(c2ccccc2)C1=O. The number of hydrogen-bond donors (Lipinski definition) is 0. The molecule has 33 heavy (non-hydrogen) atoms. The van der Waals surface area contributed by atoms with Gasteiger partial charge in [0.05, 0.1) is 6.54 Å². The number of urea groups is 1. The van der Waals surface area contributed by atoms with Crippen LogP contribution < -0.4 is 4.90 Å². The van der Waals surface area contributed by atoms with E-state index < -0.39 is 30.2 Å². The van der Waals surface area contributed by atoms with E-state index >= 15 is 0 Å². The summed E-state index contributed by atoms with van der Waals surface area (Å²) in [5.74, 6) is -0.995. The Balaban J connectivity index is 1.79. The van der Waals surface area contributed by atoms with Crippen molar-refractivity contribution in [3.63, 3.8) is 0 Å². The first-order chi connectivity index (χ1) is 16.0. The Bertz CT molecular complexity index is 1060. The smallest absolute Gasteiger partial charge is 0.335 e. The molecule has 7 heteroatoms. The third-order valence-corrected chi connectivity index (χ3v) is 5.30. The molecule has 1 aliphatic rings. The van der Waals surface area contributed by atoms with Crippen molar-refractivity contribution in [2.24, 2.45) is 0 Å². The molecular weight excluding hydrogens is 418 g/mol. The molecule has 1 saturated heterocycles. The van der Waals surface area contributed by atoms with Crippen LogP contribution >= 0.6 is 0 Å². The molecule has 3 amide bonds. The van der Waals surface area contributed by atoms with Gasteiger partial charge in [-0.3, -0.25) is 19.4 Å². The van der Waals surface area contributed by atoms with Gasteiger partial charge in [0.25, 0.3) is 5.91 Å². The van der Waals surface area contributed by atoms with E-state index in [1.165, 1.54) is 4.90 Å². The molecule has 7 nitrogen and oxygen atoms in total. The molecule has 1 heterocycles. The Labute approximate surface area is 192 Å². The summed E-state index contributed by atoms with van der Waals surface area (Å²) in [4.78, 5) is 44.3. The van der Waals surface area contributed by atoms with Crippen molar-refractivity contribution in [3.05, 3.63) is 102 Å². The second-order valence-corrected chi connectivity index (χ2v) is 8.00. The van der Waals surface area contributed by atoms with Crippen molar-refractivity contribution >= 4 is 23.6 Å². The van der Waals surface area contributed by atoms with E-state index in [4.69, 9.17) is 4.74 Å². The summed E-state index contributed by atoms with van der Waals surface area (Å²) in [6.07, 6.45) is -1.18. The number of imide groups is 1. The fourth-order valence-corrected chi connectivity index (χ4v) is 3.86. The van der Waals surface area contributed by atoms with Crippen LogP contribution in [0, 0.1) is 0 Å². The molecule has 0 saturated carbocycles. The van der Waals surface area contributed by atoms with Crippen LogP contribution in [0.2, 0.25) is 0 Å². The van der Waals surface area contributed by atoms with Crippen LogP contribution in [0.4, 0.5) is 10.5 Å². The lowest BCUT2D eigenvalue weighted by atomic mass is 10.0. The number of carbonyl (C=O) groups excluding carboxylic acids is 3. The second-order valence-electron chi connectivity index (χ2n) is 8.00. The van der Waals surface area contributed by atoms with Crippen molar-refractivity contribution < 1.29 is 19.1 Å². The van der Waals surface area contributed by atoms with Crippen LogP contribution in [0.15, 0.2) is 91.0 Å². The van der Waals surface area contributed by atoms with Gasteiger partial charge in [0, 0.05) is 11.3 Å².